The third-order valence-corrected chi connectivity index (χ3v) is 4.28. The first-order valence-corrected chi connectivity index (χ1v) is 7.29. The molecular formula is C12H14N2O2S2. The van der Waals surface area contributed by atoms with Gasteiger partial charge >= 0.3 is 5.97 Å². The molecule has 0 amide bonds. The molecule has 0 aromatic carbocycles. The van der Waals surface area contributed by atoms with Crippen LogP contribution >= 0.6 is 22.7 Å². The fourth-order valence-electron chi connectivity index (χ4n) is 1.54. The van der Waals surface area contributed by atoms with Crippen LogP contribution in [0.4, 0.5) is 0 Å². The van der Waals surface area contributed by atoms with E-state index in [2.05, 4.69) is 23.8 Å². The number of methoxy groups -OCH3 is 1. The molecule has 96 valence electrons. The standard InChI is InChI=1S/C12H14N2O2S2/c1-7(2)6-8-9(12(15)16-3)14-11(18-8)10-13-4-5-17-10/h4-5,7H,6H2,1-3H3. The number of hydrogen-bond acceptors (Lipinski definition) is 6. The molecule has 4 nitrogen and oxygen atoms in total. The second-order valence-corrected chi connectivity index (χ2v) is 6.20. The van der Waals surface area contributed by atoms with Crippen molar-refractivity contribution in [3.63, 3.8) is 0 Å². The number of carbonyl (C=O) groups is 1. The quantitative estimate of drug-likeness (QED) is 0.808. The molecule has 0 aliphatic rings. The van der Waals surface area contributed by atoms with Gasteiger partial charge in [0.2, 0.25) is 0 Å². The van der Waals surface area contributed by atoms with Crippen molar-refractivity contribution >= 4 is 28.6 Å². The van der Waals surface area contributed by atoms with E-state index in [4.69, 9.17) is 4.74 Å². The maximum atomic E-state index is 11.7. The summed E-state index contributed by atoms with van der Waals surface area (Å²) in [5.41, 5.74) is 0.432. The van der Waals surface area contributed by atoms with E-state index in [1.54, 1.807) is 6.20 Å². The lowest BCUT2D eigenvalue weighted by atomic mass is 10.1. The number of carbonyl (C=O) groups excluding carboxylic acids is 1. The number of ether oxygens (including phenoxy) is 1. The summed E-state index contributed by atoms with van der Waals surface area (Å²) in [4.78, 5) is 21.3. The molecule has 0 aliphatic carbocycles. The van der Waals surface area contributed by atoms with Crippen LogP contribution in [0.5, 0.6) is 0 Å². The highest BCUT2D eigenvalue weighted by atomic mass is 32.1. The number of thiazole rings is 2. The van der Waals surface area contributed by atoms with Crippen LogP contribution in [0.25, 0.3) is 10.0 Å². The summed E-state index contributed by atoms with van der Waals surface area (Å²) in [5.74, 6) is 0.0997. The first kappa shape index (κ1) is 13.2. The second kappa shape index (κ2) is 5.58. The van der Waals surface area contributed by atoms with Crippen LogP contribution in [0.2, 0.25) is 0 Å². The summed E-state index contributed by atoms with van der Waals surface area (Å²) < 4.78 is 4.78. The van der Waals surface area contributed by atoms with E-state index in [1.807, 2.05) is 5.38 Å². The van der Waals surface area contributed by atoms with Gasteiger partial charge in [0, 0.05) is 16.5 Å². The largest absolute Gasteiger partial charge is 0.464 e. The Balaban J connectivity index is 2.40. The third kappa shape index (κ3) is 2.76. The van der Waals surface area contributed by atoms with Gasteiger partial charge in [0.1, 0.15) is 0 Å². The van der Waals surface area contributed by atoms with E-state index < -0.39 is 0 Å². The molecule has 0 saturated heterocycles. The molecule has 0 aliphatic heterocycles. The molecule has 0 saturated carbocycles. The molecule has 0 N–H and O–H groups in total. The van der Waals surface area contributed by atoms with Crippen molar-refractivity contribution in [1.82, 2.24) is 9.97 Å². The molecular weight excluding hydrogens is 268 g/mol. The van der Waals surface area contributed by atoms with Crippen LogP contribution in [0.1, 0.15) is 29.2 Å². The Morgan fingerprint density at radius 2 is 2.22 bits per heavy atom. The van der Waals surface area contributed by atoms with Gasteiger partial charge < -0.3 is 4.74 Å². The summed E-state index contributed by atoms with van der Waals surface area (Å²) in [5, 5.41) is 3.54. The number of esters is 1. The van der Waals surface area contributed by atoms with E-state index >= 15 is 0 Å². The van der Waals surface area contributed by atoms with Gasteiger partial charge in [-0.25, -0.2) is 14.8 Å². The molecule has 2 aromatic rings. The Hall–Kier alpha value is -1.27. The maximum Gasteiger partial charge on any atom is 0.357 e. The Bertz CT molecular complexity index is 532. The van der Waals surface area contributed by atoms with Crippen molar-refractivity contribution in [3.8, 4) is 10.0 Å². The number of rotatable bonds is 4. The van der Waals surface area contributed by atoms with Gasteiger partial charge in [0.05, 0.1) is 7.11 Å². The first-order valence-electron chi connectivity index (χ1n) is 5.59. The summed E-state index contributed by atoms with van der Waals surface area (Å²) in [7, 11) is 1.38. The lowest BCUT2D eigenvalue weighted by molar-refractivity contribution is 0.0593. The third-order valence-electron chi connectivity index (χ3n) is 2.29. The van der Waals surface area contributed by atoms with Crippen LogP contribution in [0, 0.1) is 5.92 Å². The van der Waals surface area contributed by atoms with Gasteiger partial charge in [-0.3, -0.25) is 0 Å². The number of nitrogens with zero attached hydrogens (tertiary/aromatic N) is 2. The fourth-order valence-corrected chi connectivity index (χ4v) is 3.48. The molecule has 0 atom stereocenters. The van der Waals surface area contributed by atoms with E-state index in [0.717, 1.165) is 21.3 Å². The second-order valence-electron chi connectivity index (χ2n) is 4.22. The molecule has 2 heterocycles. The average molecular weight is 282 g/mol. The van der Waals surface area contributed by atoms with Gasteiger partial charge in [-0.15, -0.1) is 22.7 Å². The van der Waals surface area contributed by atoms with E-state index in [-0.39, 0.29) is 5.97 Å². The molecule has 0 spiro atoms. The van der Waals surface area contributed by atoms with E-state index in [0.29, 0.717) is 11.6 Å². The Morgan fingerprint density at radius 3 is 2.78 bits per heavy atom. The van der Waals surface area contributed by atoms with Gasteiger partial charge in [0.25, 0.3) is 0 Å². The monoisotopic (exact) mass is 282 g/mol. The zero-order valence-corrected chi connectivity index (χ0v) is 12.1. The molecule has 6 heteroatoms. The van der Waals surface area contributed by atoms with Crippen molar-refractivity contribution in [2.45, 2.75) is 20.3 Å². The summed E-state index contributed by atoms with van der Waals surface area (Å²) in [6, 6.07) is 0. The predicted molar refractivity (Wildman–Crippen MR) is 73.1 cm³/mol. The molecule has 2 rings (SSSR count). The first-order chi connectivity index (χ1) is 8.61. The zero-order chi connectivity index (χ0) is 13.1. The summed E-state index contributed by atoms with van der Waals surface area (Å²) in [6.07, 6.45) is 2.56. The van der Waals surface area contributed by atoms with Crippen LogP contribution in [-0.2, 0) is 11.2 Å². The van der Waals surface area contributed by atoms with Crippen molar-refractivity contribution in [3.05, 3.63) is 22.1 Å². The minimum absolute atomic E-state index is 0.371. The molecule has 0 radical (unpaired) electrons. The fraction of sp³-hybridized carbons (Fsp3) is 0.417. The van der Waals surface area contributed by atoms with Crippen molar-refractivity contribution in [2.75, 3.05) is 7.11 Å². The summed E-state index contributed by atoms with van der Waals surface area (Å²) in [6.45, 7) is 4.23. The predicted octanol–water partition coefficient (Wildman–Crippen LogP) is 3.25. The molecule has 0 fully saturated rings. The highest BCUT2D eigenvalue weighted by molar-refractivity contribution is 7.20. The average Bonchev–Trinajstić information content (AvgIpc) is 2.95. The molecule has 18 heavy (non-hydrogen) atoms. The lowest BCUT2D eigenvalue weighted by Gasteiger charge is -2.02. The smallest absolute Gasteiger partial charge is 0.357 e. The van der Waals surface area contributed by atoms with Crippen molar-refractivity contribution in [2.24, 2.45) is 5.92 Å². The molecule has 0 bridgehead atoms. The highest BCUT2D eigenvalue weighted by Crippen LogP contribution is 2.31. The maximum absolute atomic E-state index is 11.7. The topological polar surface area (TPSA) is 52.1 Å². The van der Waals surface area contributed by atoms with E-state index in [9.17, 15) is 4.79 Å². The van der Waals surface area contributed by atoms with Crippen LogP contribution in [0.3, 0.4) is 0 Å². The van der Waals surface area contributed by atoms with Crippen LogP contribution in [-0.4, -0.2) is 23.0 Å². The zero-order valence-electron chi connectivity index (χ0n) is 10.5. The minimum atomic E-state index is -0.371. The normalized spacial score (nSPS) is 10.9. The number of aromatic nitrogens is 2. The SMILES string of the molecule is COC(=O)c1nc(-c2nccs2)sc1CC(C)C. The van der Waals surface area contributed by atoms with Gasteiger partial charge in [0.15, 0.2) is 15.7 Å². The lowest BCUT2D eigenvalue weighted by Crippen LogP contribution is -2.06. The van der Waals surface area contributed by atoms with Crippen LogP contribution < -0.4 is 0 Å². The minimum Gasteiger partial charge on any atom is -0.464 e. The van der Waals surface area contributed by atoms with Crippen molar-refractivity contribution in [1.29, 1.82) is 0 Å². The van der Waals surface area contributed by atoms with Gasteiger partial charge in [-0.2, -0.15) is 0 Å². The Morgan fingerprint density at radius 1 is 1.44 bits per heavy atom. The highest BCUT2D eigenvalue weighted by Gasteiger charge is 2.20. The van der Waals surface area contributed by atoms with Gasteiger partial charge in [-0.05, 0) is 12.3 Å². The molecule has 2 aromatic heterocycles. The number of hydrogen-bond donors (Lipinski definition) is 0. The summed E-state index contributed by atoms with van der Waals surface area (Å²) >= 11 is 3.05. The van der Waals surface area contributed by atoms with Crippen LogP contribution in [0.15, 0.2) is 11.6 Å². The Labute approximate surface area is 114 Å². The van der Waals surface area contributed by atoms with Crippen molar-refractivity contribution < 1.29 is 9.53 Å². The van der Waals surface area contributed by atoms with Gasteiger partial charge in [-0.1, -0.05) is 13.8 Å². The Kier molecular flexibility index (Phi) is 4.08. The van der Waals surface area contributed by atoms with E-state index in [1.165, 1.54) is 29.8 Å². The molecule has 0 unspecified atom stereocenters.